The molecule has 5 heteroatoms. The van der Waals surface area contributed by atoms with Crippen LogP contribution in [0.25, 0.3) is 0 Å². The maximum atomic E-state index is 9.85. The first-order valence-electron chi connectivity index (χ1n) is 5.89. The predicted molar refractivity (Wildman–Crippen MR) is 67.2 cm³/mol. The van der Waals surface area contributed by atoms with E-state index in [2.05, 4.69) is 15.3 Å². The van der Waals surface area contributed by atoms with Crippen LogP contribution < -0.4 is 10.1 Å². The molecule has 0 bridgehead atoms. The number of hydrogen-bond acceptors (Lipinski definition) is 5. The highest BCUT2D eigenvalue weighted by molar-refractivity contribution is 5.28. The molecule has 0 fully saturated rings. The quantitative estimate of drug-likeness (QED) is 0.792. The number of rotatable bonds is 6. The van der Waals surface area contributed by atoms with E-state index < -0.39 is 5.60 Å². The minimum absolute atomic E-state index is 0.0801. The number of aromatic nitrogens is 2. The molecule has 0 aromatic carbocycles. The van der Waals surface area contributed by atoms with E-state index in [0.717, 1.165) is 0 Å². The number of anilines is 1. The fraction of sp³-hybridized carbons (Fsp3) is 0.667. The summed E-state index contributed by atoms with van der Waals surface area (Å²) in [6.07, 6.45) is 2.38. The molecule has 96 valence electrons. The van der Waals surface area contributed by atoms with Gasteiger partial charge in [0.05, 0.1) is 11.7 Å². The average molecular weight is 239 g/mol. The molecule has 1 aromatic rings. The SMILES string of the molecule is CCC(C)(O)CNc1nccc(OC(C)C)n1. The lowest BCUT2D eigenvalue weighted by Gasteiger charge is -2.21. The Morgan fingerprint density at radius 3 is 2.82 bits per heavy atom. The van der Waals surface area contributed by atoms with Gasteiger partial charge in [0.1, 0.15) is 0 Å². The molecule has 1 atom stereocenters. The Morgan fingerprint density at radius 2 is 2.24 bits per heavy atom. The lowest BCUT2D eigenvalue weighted by molar-refractivity contribution is 0.0695. The van der Waals surface area contributed by atoms with Crippen LogP contribution in [0, 0.1) is 0 Å². The molecule has 0 aliphatic carbocycles. The highest BCUT2D eigenvalue weighted by Crippen LogP contribution is 2.12. The van der Waals surface area contributed by atoms with Gasteiger partial charge in [-0.15, -0.1) is 0 Å². The maximum Gasteiger partial charge on any atom is 0.226 e. The van der Waals surface area contributed by atoms with Crippen LogP contribution in [0.3, 0.4) is 0 Å². The van der Waals surface area contributed by atoms with Crippen molar-refractivity contribution in [2.75, 3.05) is 11.9 Å². The fourth-order valence-corrected chi connectivity index (χ4v) is 1.13. The maximum absolute atomic E-state index is 9.85. The third-order valence-corrected chi connectivity index (χ3v) is 2.38. The molecule has 0 amide bonds. The number of nitrogens with zero attached hydrogens (tertiary/aromatic N) is 2. The van der Waals surface area contributed by atoms with Gasteiger partial charge in [-0.05, 0) is 27.2 Å². The van der Waals surface area contributed by atoms with Crippen LogP contribution in [0.5, 0.6) is 5.88 Å². The van der Waals surface area contributed by atoms with Crippen molar-refractivity contribution >= 4 is 5.95 Å². The van der Waals surface area contributed by atoms with Gasteiger partial charge in [-0.3, -0.25) is 0 Å². The molecule has 17 heavy (non-hydrogen) atoms. The average Bonchev–Trinajstić information content (AvgIpc) is 2.26. The first kappa shape index (κ1) is 13.7. The zero-order valence-electron chi connectivity index (χ0n) is 10.9. The minimum Gasteiger partial charge on any atom is -0.475 e. The summed E-state index contributed by atoms with van der Waals surface area (Å²) in [5.74, 6) is 1.01. The normalized spacial score (nSPS) is 14.5. The van der Waals surface area contributed by atoms with Crippen molar-refractivity contribution in [2.24, 2.45) is 0 Å². The number of hydrogen-bond donors (Lipinski definition) is 2. The molecule has 0 aliphatic heterocycles. The molecule has 0 saturated heterocycles. The lowest BCUT2D eigenvalue weighted by atomic mass is 10.0. The van der Waals surface area contributed by atoms with Gasteiger partial charge < -0.3 is 15.2 Å². The molecule has 0 spiro atoms. The van der Waals surface area contributed by atoms with Gasteiger partial charge in [0.15, 0.2) is 0 Å². The summed E-state index contributed by atoms with van der Waals surface area (Å²) in [4.78, 5) is 8.27. The smallest absolute Gasteiger partial charge is 0.226 e. The van der Waals surface area contributed by atoms with Crippen molar-refractivity contribution in [1.29, 1.82) is 0 Å². The molecule has 1 heterocycles. The number of nitrogens with one attached hydrogen (secondary N) is 1. The topological polar surface area (TPSA) is 67.3 Å². The largest absolute Gasteiger partial charge is 0.475 e. The van der Waals surface area contributed by atoms with Crippen molar-refractivity contribution in [3.05, 3.63) is 12.3 Å². The van der Waals surface area contributed by atoms with Crippen LogP contribution >= 0.6 is 0 Å². The zero-order valence-corrected chi connectivity index (χ0v) is 10.9. The summed E-state index contributed by atoms with van der Waals surface area (Å²) < 4.78 is 5.46. The second-order valence-corrected chi connectivity index (χ2v) is 4.59. The van der Waals surface area contributed by atoms with Crippen LogP contribution in [-0.2, 0) is 0 Å². The number of ether oxygens (including phenoxy) is 1. The van der Waals surface area contributed by atoms with Crippen LogP contribution in [0.1, 0.15) is 34.1 Å². The Hall–Kier alpha value is -1.36. The molecule has 5 nitrogen and oxygen atoms in total. The third kappa shape index (κ3) is 4.99. The summed E-state index contributed by atoms with van der Waals surface area (Å²) in [5.41, 5.74) is -0.752. The second kappa shape index (κ2) is 5.82. The Bertz CT molecular complexity index is 353. The van der Waals surface area contributed by atoms with Gasteiger partial charge in [0.2, 0.25) is 11.8 Å². The van der Waals surface area contributed by atoms with E-state index in [0.29, 0.717) is 24.8 Å². The van der Waals surface area contributed by atoms with Gasteiger partial charge in [0, 0.05) is 18.8 Å². The molecule has 0 aliphatic rings. The third-order valence-electron chi connectivity index (χ3n) is 2.38. The Kier molecular flexibility index (Phi) is 4.69. The lowest BCUT2D eigenvalue weighted by Crippen LogP contribution is -2.32. The van der Waals surface area contributed by atoms with Gasteiger partial charge in [-0.25, -0.2) is 4.98 Å². The van der Waals surface area contributed by atoms with E-state index in [1.54, 1.807) is 19.2 Å². The molecular formula is C12H21N3O2. The summed E-state index contributed by atoms with van der Waals surface area (Å²) in [5, 5.41) is 12.8. The standard InChI is InChI=1S/C12H21N3O2/c1-5-12(4,16)8-14-11-13-7-6-10(15-11)17-9(2)3/h6-7,9,16H,5,8H2,1-4H3,(H,13,14,15). The van der Waals surface area contributed by atoms with Crippen molar-refractivity contribution in [2.45, 2.75) is 45.8 Å². The summed E-state index contributed by atoms with van der Waals surface area (Å²) >= 11 is 0. The van der Waals surface area contributed by atoms with Crippen molar-refractivity contribution in [3.63, 3.8) is 0 Å². The van der Waals surface area contributed by atoms with Gasteiger partial charge in [-0.1, -0.05) is 6.92 Å². The van der Waals surface area contributed by atoms with E-state index in [1.165, 1.54) is 0 Å². The van der Waals surface area contributed by atoms with Crippen LogP contribution in [-0.4, -0.2) is 33.3 Å². The first-order chi connectivity index (χ1) is 7.93. The van der Waals surface area contributed by atoms with Gasteiger partial charge >= 0.3 is 0 Å². The second-order valence-electron chi connectivity index (χ2n) is 4.59. The Morgan fingerprint density at radius 1 is 1.53 bits per heavy atom. The van der Waals surface area contributed by atoms with Gasteiger partial charge in [-0.2, -0.15) is 4.98 Å². The van der Waals surface area contributed by atoms with Crippen molar-refractivity contribution in [1.82, 2.24) is 9.97 Å². The van der Waals surface area contributed by atoms with Gasteiger partial charge in [0.25, 0.3) is 0 Å². The summed E-state index contributed by atoms with van der Waals surface area (Å²) in [6, 6.07) is 1.71. The minimum atomic E-state index is -0.752. The van der Waals surface area contributed by atoms with Crippen LogP contribution in [0.15, 0.2) is 12.3 Å². The molecule has 1 unspecified atom stereocenters. The summed E-state index contributed by atoms with van der Waals surface area (Å²) in [6.45, 7) is 8.00. The predicted octanol–water partition coefficient (Wildman–Crippen LogP) is 1.84. The highest BCUT2D eigenvalue weighted by atomic mass is 16.5. The summed E-state index contributed by atoms with van der Waals surface area (Å²) in [7, 11) is 0. The highest BCUT2D eigenvalue weighted by Gasteiger charge is 2.17. The van der Waals surface area contributed by atoms with E-state index >= 15 is 0 Å². The molecule has 0 saturated carbocycles. The van der Waals surface area contributed by atoms with E-state index in [-0.39, 0.29) is 6.10 Å². The first-order valence-corrected chi connectivity index (χ1v) is 5.89. The molecule has 0 radical (unpaired) electrons. The van der Waals surface area contributed by atoms with Crippen LogP contribution in [0.2, 0.25) is 0 Å². The van der Waals surface area contributed by atoms with Crippen molar-refractivity contribution < 1.29 is 9.84 Å². The fourth-order valence-electron chi connectivity index (χ4n) is 1.13. The monoisotopic (exact) mass is 239 g/mol. The Balaban J connectivity index is 2.60. The molecule has 1 rings (SSSR count). The Labute approximate surface area is 102 Å². The van der Waals surface area contributed by atoms with E-state index in [4.69, 9.17) is 4.74 Å². The molecule has 1 aromatic heterocycles. The van der Waals surface area contributed by atoms with Crippen molar-refractivity contribution in [3.8, 4) is 5.88 Å². The molecular weight excluding hydrogens is 218 g/mol. The number of aliphatic hydroxyl groups is 1. The van der Waals surface area contributed by atoms with E-state index in [1.807, 2.05) is 20.8 Å². The van der Waals surface area contributed by atoms with Crippen LogP contribution in [0.4, 0.5) is 5.95 Å². The molecule has 2 N–H and O–H groups in total. The van der Waals surface area contributed by atoms with E-state index in [9.17, 15) is 5.11 Å². The zero-order chi connectivity index (χ0) is 12.9.